The molecule has 0 spiro atoms. The molecule has 9 heteroatoms. The van der Waals surface area contributed by atoms with Crippen LogP contribution in [-0.2, 0) is 12.7 Å². The van der Waals surface area contributed by atoms with Crippen LogP contribution in [0.3, 0.4) is 0 Å². The number of halogens is 3. The fourth-order valence-corrected chi connectivity index (χ4v) is 3.48. The second-order valence-electron chi connectivity index (χ2n) is 7.42. The van der Waals surface area contributed by atoms with Gasteiger partial charge in [0.1, 0.15) is 0 Å². The lowest BCUT2D eigenvalue weighted by Gasteiger charge is -2.16. The van der Waals surface area contributed by atoms with E-state index >= 15 is 0 Å². The predicted octanol–water partition coefficient (Wildman–Crippen LogP) is 4.46. The lowest BCUT2D eigenvalue weighted by molar-refractivity contribution is -0.137. The molecule has 0 atom stereocenters. The van der Waals surface area contributed by atoms with Gasteiger partial charge in [0.2, 0.25) is 0 Å². The number of anilines is 1. The van der Waals surface area contributed by atoms with E-state index in [0.29, 0.717) is 23.2 Å². The minimum atomic E-state index is -4.57. The molecule has 1 saturated carbocycles. The molecule has 3 aromatic rings. The molecule has 1 aliphatic rings. The molecule has 2 heterocycles. The molecule has 1 aliphatic carbocycles. The van der Waals surface area contributed by atoms with Gasteiger partial charge in [-0.2, -0.15) is 18.3 Å². The van der Waals surface area contributed by atoms with Crippen molar-refractivity contribution in [1.29, 1.82) is 0 Å². The van der Waals surface area contributed by atoms with E-state index in [0.717, 1.165) is 25.3 Å². The van der Waals surface area contributed by atoms with Gasteiger partial charge in [-0.15, -0.1) is 0 Å². The first-order valence-electron chi connectivity index (χ1n) is 9.88. The monoisotopic (exact) mass is 417 g/mol. The van der Waals surface area contributed by atoms with E-state index < -0.39 is 11.7 Å². The Kier molecular flexibility index (Phi) is 5.13. The first-order chi connectivity index (χ1) is 14.3. The maximum absolute atomic E-state index is 13.8. The van der Waals surface area contributed by atoms with E-state index in [4.69, 9.17) is 0 Å². The van der Waals surface area contributed by atoms with E-state index in [1.54, 1.807) is 24.0 Å². The van der Waals surface area contributed by atoms with Crippen molar-refractivity contribution < 1.29 is 18.0 Å². The molecular formula is C21H22F3N5O. The van der Waals surface area contributed by atoms with Gasteiger partial charge in [-0.25, -0.2) is 0 Å². The molecule has 0 saturated heterocycles. The maximum Gasteiger partial charge on any atom is 0.417 e. The van der Waals surface area contributed by atoms with E-state index in [1.165, 1.54) is 12.3 Å². The Morgan fingerprint density at radius 2 is 2.07 bits per heavy atom. The Labute approximate surface area is 171 Å². The van der Waals surface area contributed by atoms with Crippen LogP contribution in [0.2, 0.25) is 0 Å². The van der Waals surface area contributed by atoms with Crippen molar-refractivity contribution in [2.75, 3.05) is 12.4 Å². The zero-order valence-corrected chi connectivity index (χ0v) is 16.7. The number of hydrogen-bond donors (Lipinski definition) is 2. The van der Waals surface area contributed by atoms with Crippen LogP contribution in [0.15, 0.2) is 30.6 Å². The standard InChI is InChI=1S/C21H22F3N5O/c1-3-7-29-8-6-17(28-29)13-9-14-18(10-16(13)21(22,23)24)26-11-15(19(14)25-2)20(30)27-12-4-5-12/h6,8-12H,3-5,7H2,1-2H3,(H,25,26)(H,27,30). The number of hydrogen-bond acceptors (Lipinski definition) is 4. The van der Waals surface area contributed by atoms with E-state index in [-0.39, 0.29) is 28.7 Å². The molecule has 1 fully saturated rings. The summed E-state index contributed by atoms with van der Waals surface area (Å²) in [5.74, 6) is -0.287. The summed E-state index contributed by atoms with van der Waals surface area (Å²) in [7, 11) is 1.63. The van der Waals surface area contributed by atoms with E-state index in [9.17, 15) is 18.0 Å². The number of nitrogens with one attached hydrogen (secondary N) is 2. The average Bonchev–Trinajstić information content (AvgIpc) is 3.40. The fraction of sp³-hybridized carbons (Fsp3) is 0.381. The Hall–Kier alpha value is -3.10. The third-order valence-electron chi connectivity index (χ3n) is 5.09. The van der Waals surface area contributed by atoms with Crippen LogP contribution < -0.4 is 10.6 Å². The smallest absolute Gasteiger partial charge is 0.387 e. The maximum atomic E-state index is 13.8. The molecule has 4 rings (SSSR count). The summed E-state index contributed by atoms with van der Waals surface area (Å²) in [5.41, 5.74) is 0.295. The van der Waals surface area contributed by atoms with E-state index in [2.05, 4.69) is 20.7 Å². The summed E-state index contributed by atoms with van der Waals surface area (Å²) in [4.78, 5) is 16.7. The second-order valence-corrected chi connectivity index (χ2v) is 7.42. The number of aromatic nitrogens is 3. The zero-order valence-electron chi connectivity index (χ0n) is 16.7. The fourth-order valence-electron chi connectivity index (χ4n) is 3.48. The van der Waals surface area contributed by atoms with Gasteiger partial charge in [-0.3, -0.25) is 14.5 Å². The predicted molar refractivity (Wildman–Crippen MR) is 108 cm³/mol. The van der Waals surface area contributed by atoms with Crippen LogP contribution in [-0.4, -0.2) is 33.8 Å². The molecule has 0 radical (unpaired) electrons. The normalized spacial score (nSPS) is 14.2. The lowest BCUT2D eigenvalue weighted by Crippen LogP contribution is -2.26. The van der Waals surface area contributed by atoms with Crippen LogP contribution in [0.4, 0.5) is 18.9 Å². The molecule has 0 bridgehead atoms. The molecular weight excluding hydrogens is 395 g/mol. The number of amides is 1. The summed E-state index contributed by atoms with van der Waals surface area (Å²) in [5, 5.41) is 10.6. The average molecular weight is 417 g/mol. The summed E-state index contributed by atoms with van der Waals surface area (Å²) in [6, 6.07) is 4.17. The van der Waals surface area contributed by atoms with Crippen LogP contribution in [0.25, 0.3) is 22.2 Å². The molecule has 1 aromatic carbocycles. The summed E-state index contributed by atoms with van der Waals surface area (Å²) in [6.45, 7) is 2.58. The Morgan fingerprint density at radius 1 is 1.30 bits per heavy atom. The molecule has 2 N–H and O–H groups in total. The molecule has 6 nitrogen and oxygen atoms in total. The number of benzene rings is 1. The Morgan fingerprint density at radius 3 is 2.70 bits per heavy atom. The highest BCUT2D eigenvalue weighted by molar-refractivity contribution is 6.08. The minimum Gasteiger partial charge on any atom is -0.387 e. The van der Waals surface area contributed by atoms with Crippen molar-refractivity contribution in [1.82, 2.24) is 20.1 Å². The van der Waals surface area contributed by atoms with Crippen molar-refractivity contribution >= 4 is 22.5 Å². The van der Waals surface area contributed by atoms with Crippen molar-refractivity contribution in [3.63, 3.8) is 0 Å². The van der Waals surface area contributed by atoms with Crippen molar-refractivity contribution in [2.45, 2.75) is 44.9 Å². The van der Waals surface area contributed by atoms with Gasteiger partial charge < -0.3 is 10.6 Å². The minimum absolute atomic E-state index is 0.0390. The number of rotatable bonds is 6. The van der Waals surface area contributed by atoms with Gasteiger partial charge in [0.25, 0.3) is 5.91 Å². The molecule has 30 heavy (non-hydrogen) atoms. The van der Waals surface area contributed by atoms with Crippen LogP contribution in [0, 0.1) is 0 Å². The van der Waals surface area contributed by atoms with Gasteiger partial charge in [0.05, 0.1) is 28.0 Å². The second kappa shape index (κ2) is 7.62. The number of nitrogens with zero attached hydrogens (tertiary/aromatic N) is 3. The molecule has 0 unspecified atom stereocenters. The largest absolute Gasteiger partial charge is 0.417 e. The Balaban J connectivity index is 1.90. The zero-order chi connectivity index (χ0) is 21.5. The number of fused-ring (bicyclic) bond motifs is 1. The van der Waals surface area contributed by atoms with Gasteiger partial charge in [-0.1, -0.05) is 6.92 Å². The van der Waals surface area contributed by atoms with Crippen molar-refractivity contribution in [2.24, 2.45) is 0 Å². The van der Waals surface area contributed by atoms with Crippen LogP contribution in [0.5, 0.6) is 0 Å². The number of aryl methyl sites for hydroxylation is 1. The highest BCUT2D eigenvalue weighted by Crippen LogP contribution is 2.40. The van der Waals surface area contributed by atoms with Gasteiger partial charge >= 0.3 is 6.18 Å². The molecule has 0 aliphatic heterocycles. The quantitative estimate of drug-likeness (QED) is 0.621. The lowest BCUT2D eigenvalue weighted by atomic mass is 9.98. The Bertz CT molecular complexity index is 1100. The van der Waals surface area contributed by atoms with Gasteiger partial charge in [0, 0.05) is 43.0 Å². The SMILES string of the molecule is CCCn1ccc(-c2cc3c(NC)c(C(=O)NC4CC4)cnc3cc2C(F)(F)F)n1. The first-order valence-corrected chi connectivity index (χ1v) is 9.88. The number of carbonyl (C=O) groups excluding carboxylic acids is 1. The highest BCUT2D eigenvalue weighted by Gasteiger charge is 2.35. The van der Waals surface area contributed by atoms with Gasteiger partial charge in [0.15, 0.2) is 0 Å². The number of pyridine rings is 1. The topological polar surface area (TPSA) is 71.8 Å². The first kappa shape index (κ1) is 20.2. The molecule has 158 valence electrons. The van der Waals surface area contributed by atoms with Gasteiger partial charge in [-0.05, 0) is 37.5 Å². The molecule has 1 amide bonds. The third-order valence-corrected chi connectivity index (χ3v) is 5.09. The summed E-state index contributed by atoms with van der Waals surface area (Å²) < 4.78 is 43.1. The highest BCUT2D eigenvalue weighted by atomic mass is 19.4. The van der Waals surface area contributed by atoms with Crippen LogP contribution in [0.1, 0.15) is 42.1 Å². The summed E-state index contributed by atoms with van der Waals surface area (Å²) >= 11 is 0. The van der Waals surface area contributed by atoms with Crippen molar-refractivity contribution in [3.05, 3.63) is 41.7 Å². The third kappa shape index (κ3) is 3.83. The van der Waals surface area contributed by atoms with Crippen LogP contribution >= 0.6 is 0 Å². The van der Waals surface area contributed by atoms with Crippen molar-refractivity contribution in [3.8, 4) is 11.3 Å². The number of alkyl halides is 3. The summed E-state index contributed by atoms with van der Waals surface area (Å²) in [6.07, 6.45) is 1.10. The van der Waals surface area contributed by atoms with E-state index in [1.807, 2.05) is 6.92 Å². The number of carbonyl (C=O) groups is 1. The molecule has 2 aromatic heterocycles.